The molecule has 0 fully saturated rings. The van der Waals surface area contributed by atoms with Gasteiger partial charge in [0.15, 0.2) is 0 Å². The normalized spacial score (nSPS) is 10.7. The van der Waals surface area contributed by atoms with Gasteiger partial charge in [-0.05, 0) is 23.8 Å². The molecule has 0 aliphatic heterocycles. The van der Waals surface area contributed by atoms with Gasteiger partial charge in [-0.25, -0.2) is 9.37 Å². The fraction of sp³-hybridized carbons (Fsp3) is 0.250. The lowest BCUT2D eigenvalue weighted by molar-refractivity contribution is 0.625. The quantitative estimate of drug-likeness (QED) is 0.789. The SMILES string of the molecule is CCc1nccn1-c1ccc(F)cc1CBr. The number of hydrogen-bond acceptors (Lipinski definition) is 1. The molecule has 0 spiro atoms. The molecule has 16 heavy (non-hydrogen) atoms. The smallest absolute Gasteiger partial charge is 0.123 e. The van der Waals surface area contributed by atoms with Crippen LogP contribution in [0.5, 0.6) is 0 Å². The zero-order valence-corrected chi connectivity index (χ0v) is 10.5. The Kier molecular flexibility index (Phi) is 3.39. The maximum absolute atomic E-state index is 13.1. The molecule has 1 aromatic carbocycles. The zero-order valence-electron chi connectivity index (χ0n) is 8.95. The summed E-state index contributed by atoms with van der Waals surface area (Å²) >= 11 is 3.37. The first-order valence-electron chi connectivity index (χ1n) is 5.13. The molecule has 0 aliphatic rings. The first-order chi connectivity index (χ1) is 7.76. The molecule has 0 aliphatic carbocycles. The van der Waals surface area contributed by atoms with E-state index in [2.05, 4.69) is 27.8 Å². The monoisotopic (exact) mass is 282 g/mol. The number of alkyl halides is 1. The summed E-state index contributed by atoms with van der Waals surface area (Å²) in [5.41, 5.74) is 1.90. The average Bonchev–Trinajstić information content (AvgIpc) is 2.76. The van der Waals surface area contributed by atoms with Crippen molar-refractivity contribution in [1.82, 2.24) is 9.55 Å². The topological polar surface area (TPSA) is 17.8 Å². The highest BCUT2D eigenvalue weighted by atomic mass is 79.9. The first-order valence-corrected chi connectivity index (χ1v) is 6.25. The van der Waals surface area contributed by atoms with Crippen molar-refractivity contribution >= 4 is 15.9 Å². The average molecular weight is 283 g/mol. The lowest BCUT2D eigenvalue weighted by atomic mass is 10.2. The number of aryl methyl sites for hydroxylation is 1. The number of hydrogen-bond donors (Lipinski definition) is 0. The van der Waals surface area contributed by atoms with E-state index in [4.69, 9.17) is 0 Å². The van der Waals surface area contributed by atoms with Crippen molar-refractivity contribution < 1.29 is 4.39 Å². The molecule has 2 aromatic rings. The van der Waals surface area contributed by atoms with Crippen LogP contribution < -0.4 is 0 Å². The molecule has 1 heterocycles. The summed E-state index contributed by atoms with van der Waals surface area (Å²) in [6.07, 6.45) is 4.52. The number of rotatable bonds is 3. The van der Waals surface area contributed by atoms with Crippen molar-refractivity contribution in [3.05, 3.63) is 47.8 Å². The van der Waals surface area contributed by atoms with Crippen LogP contribution in [0, 0.1) is 5.82 Å². The first kappa shape index (κ1) is 11.3. The standard InChI is InChI=1S/C12H12BrFN2/c1-2-12-15-5-6-16(12)11-4-3-10(14)7-9(11)8-13/h3-7H,2,8H2,1H3. The summed E-state index contributed by atoms with van der Waals surface area (Å²) in [7, 11) is 0. The number of benzene rings is 1. The maximum atomic E-state index is 13.1. The van der Waals surface area contributed by atoms with E-state index in [9.17, 15) is 4.39 Å². The molecular weight excluding hydrogens is 271 g/mol. The summed E-state index contributed by atoms with van der Waals surface area (Å²) in [5, 5.41) is 0.626. The Morgan fingerprint density at radius 3 is 2.94 bits per heavy atom. The zero-order chi connectivity index (χ0) is 11.5. The third-order valence-electron chi connectivity index (χ3n) is 2.48. The van der Waals surface area contributed by atoms with E-state index in [1.807, 2.05) is 10.8 Å². The van der Waals surface area contributed by atoms with Crippen LogP contribution in [0.1, 0.15) is 18.3 Å². The second-order valence-corrected chi connectivity index (χ2v) is 4.03. The molecule has 2 rings (SSSR count). The van der Waals surface area contributed by atoms with Crippen molar-refractivity contribution in [3.8, 4) is 5.69 Å². The van der Waals surface area contributed by atoms with E-state index < -0.39 is 0 Å². The summed E-state index contributed by atoms with van der Waals surface area (Å²) in [4.78, 5) is 4.26. The van der Waals surface area contributed by atoms with E-state index >= 15 is 0 Å². The van der Waals surface area contributed by atoms with Crippen molar-refractivity contribution in [2.24, 2.45) is 0 Å². The van der Waals surface area contributed by atoms with Crippen molar-refractivity contribution in [2.75, 3.05) is 0 Å². The van der Waals surface area contributed by atoms with E-state index in [0.717, 1.165) is 23.5 Å². The summed E-state index contributed by atoms with van der Waals surface area (Å²) < 4.78 is 15.1. The van der Waals surface area contributed by atoms with Gasteiger partial charge in [-0.15, -0.1) is 0 Å². The minimum Gasteiger partial charge on any atom is -0.303 e. The second-order valence-electron chi connectivity index (χ2n) is 3.47. The lowest BCUT2D eigenvalue weighted by Gasteiger charge is -2.10. The van der Waals surface area contributed by atoms with Crippen LogP contribution in [-0.2, 0) is 11.8 Å². The van der Waals surface area contributed by atoms with Gasteiger partial charge in [0.25, 0.3) is 0 Å². The van der Waals surface area contributed by atoms with E-state index in [0.29, 0.717) is 5.33 Å². The summed E-state index contributed by atoms with van der Waals surface area (Å²) in [6, 6.07) is 4.80. The lowest BCUT2D eigenvalue weighted by Crippen LogP contribution is -2.02. The van der Waals surface area contributed by atoms with Gasteiger partial charge in [-0.3, -0.25) is 0 Å². The van der Waals surface area contributed by atoms with Gasteiger partial charge in [0.1, 0.15) is 11.6 Å². The molecule has 0 N–H and O–H groups in total. The van der Waals surface area contributed by atoms with Crippen molar-refractivity contribution in [1.29, 1.82) is 0 Å². The molecule has 0 amide bonds. The van der Waals surface area contributed by atoms with E-state index in [1.54, 1.807) is 18.3 Å². The molecular formula is C12H12BrFN2. The molecule has 0 radical (unpaired) electrons. The summed E-state index contributed by atoms with van der Waals surface area (Å²) in [6.45, 7) is 2.05. The third-order valence-corrected chi connectivity index (χ3v) is 3.08. The maximum Gasteiger partial charge on any atom is 0.123 e. The number of aromatic nitrogens is 2. The van der Waals surface area contributed by atoms with Gasteiger partial charge in [-0.1, -0.05) is 22.9 Å². The van der Waals surface area contributed by atoms with Gasteiger partial charge in [0.2, 0.25) is 0 Å². The van der Waals surface area contributed by atoms with Crippen LogP contribution in [0.4, 0.5) is 4.39 Å². The minimum absolute atomic E-state index is 0.212. The molecule has 84 valence electrons. The van der Waals surface area contributed by atoms with Crippen LogP contribution in [0.2, 0.25) is 0 Å². The number of halogens is 2. The van der Waals surface area contributed by atoms with Crippen molar-refractivity contribution in [2.45, 2.75) is 18.7 Å². The molecule has 0 saturated heterocycles. The van der Waals surface area contributed by atoms with Gasteiger partial charge in [-0.2, -0.15) is 0 Å². The molecule has 2 nitrogen and oxygen atoms in total. The minimum atomic E-state index is -0.212. The van der Waals surface area contributed by atoms with E-state index in [1.165, 1.54) is 6.07 Å². The predicted molar refractivity (Wildman–Crippen MR) is 65.5 cm³/mol. The Hall–Kier alpha value is -1.16. The second kappa shape index (κ2) is 4.78. The third kappa shape index (κ3) is 2.02. The fourth-order valence-corrected chi connectivity index (χ4v) is 2.16. The van der Waals surface area contributed by atoms with Crippen molar-refractivity contribution in [3.63, 3.8) is 0 Å². The Morgan fingerprint density at radius 1 is 1.44 bits per heavy atom. The van der Waals surface area contributed by atoms with E-state index in [-0.39, 0.29) is 5.82 Å². The predicted octanol–water partition coefficient (Wildman–Crippen LogP) is 3.47. The number of nitrogens with zero attached hydrogens (tertiary/aromatic N) is 2. The Morgan fingerprint density at radius 2 is 2.25 bits per heavy atom. The molecule has 1 aromatic heterocycles. The van der Waals surface area contributed by atoms with Crippen LogP contribution >= 0.6 is 15.9 Å². The highest BCUT2D eigenvalue weighted by molar-refractivity contribution is 9.08. The summed E-state index contributed by atoms with van der Waals surface area (Å²) in [5.74, 6) is 0.769. The Bertz CT molecular complexity index is 494. The molecule has 0 saturated carbocycles. The van der Waals surface area contributed by atoms with Gasteiger partial charge in [0.05, 0.1) is 5.69 Å². The largest absolute Gasteiger partial charge is 0.303 e. The van der Waals surface area contributed by atoms with Crippen LogP contribution in [-0.4, -0.2) is 9.55 Å². The molecule has 0 bridgehead atoms. The van der Waals surface area contributed by atoms with Crippen LogP contribution in [0.15, 0.2) is 30.6 Å². The van der Waals surface area contributed by atoms with Gasteiger partial charge in [0, 0.05) is 24.1 Å². The Balaban J connectivity index is 2.55. The van der Waals surface area contributed by atoms with Gasteiger partial charge >= 0.3 is 0 Å². The highest BCUT2D eigenvalue weighted by Crippen LogP contribution is 2.20. The van der Waals surface area contributed by atoms with Crippen LogP contribution in [0.25, 0.3) is 5.69 Å². The highest BCUT2D eigenvalue weighted by Gasteiger charge is 2.08. The molecule has 4 heteroatoms. The fourth-order valence-electron chi connectivity index (χ4n) is 1.71. The molecule has 0 atom stereocenters. The van der Waals surface area contributed by atoms with Crippen LogP contribution in [0.3, 0.4) is 0 Å². The molecule has 0 unspecified atom stereocenters. The Labute approximate surface area is 102 Å². The number of imidazole rings is 1. The van der Waals surface area contributed by atoms with Gasteiger partial charge < -0.3 is 4.57 Å².